The summed E-state index contributed by atoms with van der Waals surface area (Å²) in [6, 6.07) is 13.4. The molecule has 0 spiro atoms. The summed E-state index contributed by atoms with van der Waals surface area (Å²) in [5.41, 5.74) is 3.07. The maximum absolute atomic E-state index is 12.5. The smallest absolute Gasteiger partial charge is 0.244 e. The summed E-state index contributed by atoms with van der Waals surface area (Å²) in [6.07, 6.45) is 1.60. The third kappa shape index (κ3) is 4.23. The lowest BCUT2D eigenvalue weighted by Crippen LogP contribution is -2.24. The SMILES string of the molecule is Cc1c(C#N)c(NC(=O)CNc2ccc(Br)cc2)n(Cc2ccco2)c1C. The predicted molar refractivity (Wildman–Crippen MR) is 108 cm³/mol. The number of furan rings is 1. The molecule has 27 heavy (non-hydrogen) atoms. The van der Waals surface area contributed by atoms with E-state index in [1.54, 1.807) is 6.26 Å². The fourth-order valence-corrected chi connectivity index (χ4v) is 3.08. The minimum absolute atomic E-state index is 0.0938. The van der Waals surface area contributed by atoms with E-state index in [9.17, 15) is 10.1 Å². The van der Waals surface area contributed by atoms with E-state index in [0.717, 1.165) is 27.2 Å². The first kappa shape index (κ1) is 18.8. The van der Waals surface area contributed by atoms with Crippen molar-refractivity contribution >= 4 is 33.3 Å². The van der Waals surface area contributed by atoms with Crippen LogP contribution in [0.2, 0.25) is 0 Å². The molecule has 2 N–H and O–H groups in total. The van der Waals surface area contributed by atoms with E-state index in [-0.39, 0.29) is 12.5 Å². The molecule has 0 radical (unpaired) electrons. The summed E-state index contributed by atoms with van der Waals surface area (Å²) in [5.74, 6) is 1.01. The van der Waals surface area contributed by atoms with Gasteiger partial charge in [0.05, 0.1) is 24.9 Å². The summed E-state index contributed by atoms with van der Waals surface area (Å²) >= 11 is 3.38. The van der Waals surface area contributed by atoms with Crippen LogP contribution >= 0.6 is 15.9 Å². The van der Waals surface area contributed by atoms with E-state index in [0.29, 0.717) is 17.9 Å². The number of benzene rings is 1. The Balaban J connectivity index is 1.78. The van der Waals surface area contributed by atoms with Gasteiger partial charge in [0.25, 0.3) is 0 Å². The molecule has 1 amide bonds. The van der Waals surface area contributed by atoms with Crippen LogP contribution in [0.3, 0.4) is 0 Å². The van der Waals surface area contributed by atoms with Crippen molar-refractivity contribution in [2.45, 2.75) is 20.4 Å². The van der Waals surface area contributed by atoms with E-state index < -0.39 is 0 Å². The number of rotatable bonds is 6. The first-order valence-corrected chi connectivity index (χ1v) is 9.20. The predicted octanol–water partition coefficient (Wildman–Crippen LogP) is 4.43. The standard InChI is InChI=1S/C20H19BrN4O2/c1-13-14(2)25(12-17-4-3-9-27-17)20(18(13)10-22)24-19(26)11-23-16-7-5-15(21)6-8-16/h3-9,23H,11-12H2,1-2H3,(H,24,26). The number of carbonyl (C=O) groups is 1. The zero-order chi connectivity index (χ0) is 19.4. The second-order valence-electron chi connectivity index (χ2n) is 6.12. The Kier molecular flexibility index (Phi) is 5.67. The molecule has 0 unspecified atom stereocenters. The Hall–Kier alpha value is -2.98. The zero-order valence-electron chi connectivity index (χ0n) is 15.0. The minimum Gasteiger partial charge on any atom is -0.467 e. The maximum Gasteiger partial charge on any atom is 0.244 e. The molecule has 3 aromatic rings. The summed E-state index contributed by atoms with van der Waals surface area (Å²) in [7, 11) is 0. The number of amides is 1. The topological polar surface area (TPSA) is 83.0 Å². The van der Waals surface area contributed by atoms with Crippen LogP contribution in [0, 0.1) is 25.2 Å². The maximum atomic E-state index is 12.5. The molecule has 138 valence electrons. The first-order chi connectivity index (χ1) is 13.0. The normalized spacial score (nSPS) is 10.4. The lowest BCUT2D eigenvalue weighted by Gasteiger charge is -2.12. The fourth-order valence-electron chi connectivity index (χ4n) is 2.81. The minimum atomic E-state index is -0.229. The second-order valence-corrected chi connectivity index (χ2v) is 7.04. The lowest BCUT2D eigenvalue weighted by atomic mass is 10.2. The first-order valence-electron chi connectivity index (χ1n) is 8.41. The van der Waals surface area contributed by atoms with Crippen LogP contribution in [-0.4, -0.2) is 17.0 Å². The number of carbonyl (C=O) groups excluding carboxylic acids is 1. The van der Waals surface area contributed by atoms with Gasteiger partial charge in [0, 0.05) is 15.9 Å². The van der Waals surface area contributed by atoms with Gasteiger partial charge in [0.15, 0.2) is 0 Å². The van der Waals surface area contributed by atoms with Gasteiger partial charge in [-0.2, -0.15) is 5.26 Å². The van der Waals surface area contributed by atoms with Crippen LogP contribution in [0.4, 0.5) is 11.5 Å². The summed E-state index contributed by atoms with van der Waals surface area (Å²) in [4.78, 5) is 12.5. The summed E-state index contributed by atoms with van der Waals surface area (Å²) in [6.45, 7) is 4.34. The fraction of sp³-hybridized carbons (Fsp3) is 0.200. The number of aromatic nitrogens is 1. The molecule has 0 aliphatic carbocycles. The Morgan fingerprint density at radius 1 is 1.26 bits per heavy atom. The Bertz CT molecular complexity index is 983. The third-order valence-electron chi connectivity index (χ3n) is 4.39. The monoisotopic (exact) mass is 426 g/mol. The molecule has 0 aliphatic rings. The summed E-state index contributed by atoms with van der Waals surface area (Å²) < 4.78 is 8.28. The van der Waals surface area contributed by atoms with Crippen molar-refractivity contribution in [2.75, 3.05) is 17.2 Å². The van der Waals surface area contributed by atoms with Crippen LogP contribution in [0.1, 0.15) is 22.6 Å². The molecule has 0 fully saturated rings. The Labute approximate surface area is 165 Å². The zero-order valence-corrected chi connectivity index (χ0v) is 16.6. The van der Waals surface area contributed by atoms with Crippen LogP contribution in [0.5, 0.6) is 0 Å². The van der Waals surface area contributed by atoms with Crippen molar-refractivity contribution in [1.82, 2.24) is 4.57 Å². The van der Waals surface area contributed by atoms with Crippen molar-refractivity contribution in [1.29, 1.82) is 5.26 Å². The number of halogens is 1. The number of nitriles is 1. The molecule has 0 saturated carbocycles. The molecule has 0 bridgehead atoms. The highest BCUT2D eigenvalue weighted by Crippen LogP contribution is 2.27. The highest BCUT2D eigenvalue weighted by atomic mass is 79.9. The van der Waals surface area contributed by atoms with Gasteiger partial charge in [-0.3, -0.25) is 4.79 Å². The van der Waals surface area contributed by atoms with Gasteiger partial charge in [-0.05, 0) is 55.8 Å². The molecular weight excluding hydrogens is 408 g/mol. The van der Waals surface area contributed by atoms with Gasteiger partial charge in [-0.15, -0.1) is 0 Å². The van der Waals surface area contributed by atoms with Crippen LogP contribution in [0.25, 0.3) is 0 Å². The molecule has 3 rings (SSSR count). The largest absolute Gasteiger partial charge is 0.467 e. The average Bonchev–Trinajstić information content (AvgIpc) is 3.24. The Morgan fingerprint density at radius 3 is 2.63 bits per heavy atom. The van der Waals surface area contributed by atoms with Gasteiger partial charge in [-0.25, -0.2) is 0 Å². The van der Waals surface area contributed by atoms with E-state index in [2.05, 4.69) is 32.6 Å². The number of anilines is 2. The molecule has 6 nitrogen and oxygen atoms in total. The molecule has 0 aliphatic heterocycles. The van der Waals surface area contributed by atoms with Crippen LogP contribution in [0.15, 0.2) is 51.6 Å². The van der Waals surface area contributed by atoms with Gasteiger partial charge >= 0.3 is 0 Å². The van der Waals surface area contributed by atoms with Crippen LogP contribution < -0.4 is 10.6 Å². The molecule has 2 heterocycles. The van der Waals surface area contributed by atoms with Crippen LogP contribution in [-0.2, 0) is 11.3 Å². The quantitative estimate of drug-likeness (QED) is 0.610. The number of nitrogens with zero attached hydrogens (tertiary/aromatic N) is 2. The summed E-state index contributed by atoms with van der Waals surface area (Å²) in [5, 5.41) is 15.5. The van der Waals surface area contributed by atoms with E-state index in [4.69, 9.17) is 4.42 Å². The lowest BCUT2D eigenvalue weighted by molar-refractivity contribution is -0.114. The molecule has 0 saturated heterocycles. The number of hydrogen-bond acceptors (Lipinski definition) is 4. The second kappa shape index (κ2) is 8.14. The molecule has 0 atom stereocenters. The molecular formula is C20H19BrN4O2. The molecule has 2 aromatic heterocycles. The van der Waals surface area contributed by atoms with Gasteiger partial charge < -0.3 is 19.6 Å². The van der Waals surface area contributed by atoms with Crippen molar-refractivity contribution in [2.24, 2.45) is 0 Å². The van der Waals surface area contributed by atoms with E-state index in [1.165, 1.54) is 0 Å². The average molecular weight is 427 g/mol. The van der Waals surface area contributed by atoms with Crippen molar-refractivity contribution in [3.8, 4) is 6.07 Å². The van der Waals surface area contributed by atoms with Crippen molar-refractivity contribution < 1.29 is 9.21 Å². The Morgan fingerprint density at radius 2 is 2.00 bits per heavy atom. The molecule has 7 heteroatoms. The van der Waals surface area contributed by atoms with Gasteiger partial charge in [0.1, 0.15) is 17.6 Å². The number of nitrogens with one attached hydrogen (secondary N) is 2. The number of hydrogen-bond donors (Lipinski definition) is 2. The van der Waals surface area contributed by atoms with Crippen molar-refractivity contribution in [3.05, 3.63) is 69.7 Å². The molecule has 1 aromatic carbocycles. The third-order valence-corrected chi connectivity index (χ3v) is 4.92. The highest BCUT2D eigenvalue weighted by molar-refractivity contribution is 9.10. The highest BCUT2D eigenvalue weighted by Gasteiger charge is 2.20. The van der Waals surface area contributed by atoms with Gasteiger partial charge in [-0.1, -0.05) is 15.9 Å². The van der Waals surface area contributed by atoms with E-state index >= 15 is 0 Å². The van der Waals surface area contributed by atoms with Gasteiger partial charge in [0.2, 0.25) is 5.91 Å². The van der Waals surface area contributed by atoms with Crippen molar-refractivity contribution in [3.63, 3.8) is 0 Å². The van der Waals surface area contributed by atoms with E-state index in [1.807, 2.05) is 54.8 Å².